The molecule has 44 heavy (non-hydrogen) atoms. The standard InChI is InChI=1S/C33H43N4O4S2.HI/c1-7-34-22-20-26(30-24-28(16-18-32(30)34)42(38,39)36(9-3)10-4)14-13-15-27-21-23-35(8-2)33-19-17-29(25-31(27)33)43(40,41)37(11-5)12-6;/h13,16-25H,7-12,14H2,1-6H3;1H/q+1;/p-1. The Balaban J connectivity index is 0.00000529. The Kier molecular flexibility index (Phi) is 12.4. The number of hydrogen-bond acceptors (Lipinski definition) is 5. The topological polar surface area (TPSA) is 81.9 Å². The number of aromatic nitrogens is 1. The van der Waals surface area contributed by atoms with E-state index in [4.69, 9.17) is 0 Å². The van der Waals surface area contributed by atoms with Gasteiger partial charge in [0.25, 0.3) is 0 Å². The quantitative estimate of drug-likeness (QED) is 0.162. The molecular formula is C33H43IN4O4S2. The number of aryl methyl sites for hydroxylation is 1. The molecule has 0 amide bonds. The summed E-state index contributed by atoms with van der Waals surface area (Å²) in [5.74, 6) is 0. The van der Waals surface area contributed by atoms with Crippen molar-refractivity contribution < 1.29 is 45.4 Å². The van der Waals surface area contributed by atoms with E-state index in [1.54, 1.807) is 24.3 Å². The van der Waals surface area contributed by atoms with E-state index in [1.165, 1.54) is 8.61 Å². The Bertz CT molecular complexity index is 1810. The lowest BCUT2D eigenvalue weighted by molar-refractivity contribution is -0.667. The number of nitrogens with zero attached hydrogens (tertiary/aromatic N) is 4. The zero-order chi connectivity index (χ0) is 31.4. The second-order valence-electron chi connectivity index (χ2n) is 10.2. The highest BCUT2D eigenvalue weighted by Gasteiger charge is 2.26. The van der Waals surface area contributed by atoms with Gasteiger partial charge in [-0.2, -0.15) is 13.2 Å². The number of hydrogen-bond donors (Lipinski definition) is 0. The number of pyridine rings is 1. The van der Waals surface area contributed by atoms with E-state index in [0.29, 0.717) is 32.6 Å². The van der Waals surface area contributed by atoms with Crippen molar-refractivity contribution in [1.29, 1.82) is 0 Å². The van der Waals surface area contributed by atoms with E-state index in [0.717, 1.165) is 46.4 Å². The highest BCUT2D eigenvalue weighted by atomic mass is 127. The largest absolute Gasteiger partial charge is 1.00 e. The Morgan fingerprint density at radius 2 is 1.41 bits per heavy atom. The second kappa shape index (κ2) is 15.2. The van der Waals surface area contributed by atoms with Gasteiger partial charge in [-0.1, -0.05) is 27.7 Å². The predicted octanol–water partition coefficient (Wildman–Crippen LogP) is 2.35. The minimum atomic E-state index is -3.62. The van der Waals surface area contributed by atoms with Crippen molar-refractivity contribution >= 4 is 42.2 Å². The first kappa shape index (κ1) is 35.9. The third kappa shape index (κ3) is 6.98. The first-order valence-corrected chi connectivity index (χ1v) is 17.9. The van der Waals surface area contributed by atoms with Gasteiger partial charge in [0.1, 0.15) is 6.54 Å². The van der Waals surface area contributed by atoms with Crippen LogP contribution in [0.3, 0.4) is 0 Å². The number of sulfonamides is 2. The van der Waals surface area contributed by atoms with Crippen LogP contribution in [0.2, 0.25) is 0 Å². The third-order valence-electron chi connectivity index (χ3n) is 8.02. The molecule has 1 aromatic heterocycles. The molecule has 0 unspecified atom stereocenters. The molecule has 2 heterocycles. The van der Waals surface area contributed by atoms with Crippen LogP contribution < -0.4 is 33.4 Å². The summed E-state index contributed by atoms with van der Waals surface area (Å²) in [7, 11) is -7.23. The summed E-state index contributed by atoms with van der Waals surface area (Å²) in [6.45, 7) is 14.6. The van der Waals surface area contributed by atoms with Crippen LogP contribution in [-0.2, 0) is 33.0 Å². The van der Waals surface area contributed by atoms with Crippen LogP contribution in [0, 0.1) is 0 Å². The SMILES string of the molecule is CCN1C=CC(=C=CCc2cc[n+](CC)c3ccc(S(=O)(=O)N(CC)CC)cc23)c2cc(S(=O)(=O)N(CC)CC)ccc21.[I-]. The fourth-order valence-electron chi connectivity index (χ4n) is 5.56. The van der Waals surface area contributed by atoms with Gasteiger partial charge in [-0.05, 0) is 68.3 Å². The van der Waals surface area contributed by atoms with Gasteiger partial charge in [-0.25, -0.2) is 16.8 Å². The molecular weight excluding hydrogens is 707 g/mol. The minimum Gasteiger partial charge on any atom is -1.00 e. The van der Waals surface area contributed by atoms with Crippen LogP contribution in [0.25, 0.3) is 16.5 Å². The van der Waals surface area contributed by atoms with Gasteiger partial charge in [0.05, 0.1) is 15.2 Å². The molecule has 0 atom stereocenters. The fraction of sp³-hybridized carbons (Fsp3) is 0.394. The highest BCUT2D eigenvalue weighted by molar-refractivity contribution is 7.89. The Morgan fingerprint density at radius 3 is 1.98 bits per heavy atom. The molecule has 3 aromatic rings. The lowest BCUT2D eigenvalue weighted by Crippen LogP contribution is -3.00. The van der Waals surface area contributed by atoms with Crippen LogP contribution in [0.15, 0.2) is 82.5 Å². The summed E-state index contributed by atoms with van der Waals surface area (Å²) in [5.41, 5.74) is 7.90. The number of anilines is 1. The Hall–Kier alpha value is -2.54. The predicted molar refractivity (Wildman–Crippen MR) is 174 cm³/mol. The summed E-state index contributed by atoms with van der Waals surface area (Å²) in [6, 6.07) is 12.7. The van der Waals surface area contributed by atoms with Gasteiger partial charge in [-0.15, -0.1) is 5.73 Å². The summed E-state index contributed by atoms with van der Waals surface area (Å²) in [5, 5.41) is 0.880. The number of benzene rings is 2. The Morgan fingerprint density at radius 1 is 0.818 bits per heavy atom. The van der Waals surface area contributed by atoms with Crippen LogP contribution in [0.1, 0.15) is 52.7 Å². The molecule has 238 valence electrons. The summed E-state index contributed by atoms with van der Waals surface area (Å²) in [6.07, 6.45) is 8.43. The lowest BCUT2D eigenvalue weighted by atomic mass is 10.00. The second-order valence-corrected chi connectivity index (χ2v) is 14.1. The molecule has 4 rings (SSSR count). The maximum Gasteiger partial charge on any atom is 0.243 e. The van der Waals surface area contributed by atoms with Crippen molar-refractivity contribution in [1.82, 2.24) is 8.61 Å². The third-order valence-corrected chi connectivity index (χ3v) is 12.1. The zero-order valence-corrected chi connectivity index (χ0v) is 30.2. The highest BCUT2D eigenvalue weighted by Crippen LogP contribution is 2.35. The van der Waals surface area contributed by atoms with Gasteiger partial charge < -0.3 is 28.9 Å². The summed E-state index contributed by atoms with van der Waals surface area (Å²) in [4.78, 5) is 2.63. The van der Waals surface area contributed by atoms with Crippen molar-refractivity contribution in [2.45, 2.75) is 64.3 Å². The molecule has 0 spiro atoms. The molecule has 0 radical (unpaired) electrons. The van der Waals surface area contributed by atoms with Crippen molar-refractivity contribution in [2.75, 3.05) is 37.6 Å². The smallest absolute Gasteiger partial charge is 0.243 e. The van der Waals surface area contributed by atoms with Gasteiger partial charge in [0.2, 0.25) is 25.6 Å². The molecule has 0 N–H and O–H groups in total. The zero-order valence-electron chi connectivity index (χ0n) is 26.4. The molecule has 0 fully saturated rings. The maximum absolute atomic E-state index is 13.3. The average Bonchev–Trinajstić information content (AvgIpc) is 3.01. The van der Waals surface area contributed by atoms with E-state index in [2.05, 4.69) is 29.0 Å². The number of allylic oxidation sites excluding steroid dienone is 2. The number of fused-ring (bicyclic) bond motifs is 2. The molecule has 11 heteroatoms. The van der Waals surface area contributed by atoms with E-state index < -0.39 is 20.0 Å². The van der Waals surface area contributed by atoms with Gasteiger partial charge >= 0.3 is 0 Å². The molecule has 1 aliphatic rings. The molecule has 2 aromatic carbocycles. The molecule has 0 saturated heterocycles. The summed E-state index contributed by atoms with van der Waals surface area (Å²) < 4.78 is 58.3. The average molecular weight is 751 g/mol. The normalized spacial score (nSPS) is 13.3. The number of rotatable bonds is 12. The first-order valence-electron chi connectivity index (χ1n) is 15.1. The maximum atomic E-state index is 13.3. The summed E-state index contributed by atoms with van der Waals surface area (Å²) >= 11 is 0. The van der Waals surface area contributed by atoms with Crippen LogP contribution in [0.4, 0.5) is 5.69 Å². The lowest BCUT2D eigenvalue weighted by Gasteiger charge is -2.27. The van der Waals surface area contributed by atoms with Gasteiger partial charge in [0.15, 0.2) is 6.20 Å². The van der Waals surface area contributed by atoms with Crippen LogP contribution in [0.5, 0.6) is 0 Å². The van der Waals surface area contributed by atoms with Crippen molar-refractivity contribution in [3.8, 4) is 0 Å². The van der Waals surface area contributed by atoms with Gasteiger partial charge in [0, 0.05) is 67.9 Å². The molecule has 0 bridgehead atoms. The Labute approximate surface area is 280 Å². The van der Waals surface area contributed by atoms with E-state index in [-0.39, 0.29) is 33.8 Å². The van der Waals surface area contributed by atoms with E-state index in [1.807, 2.05) is 70.4 Å². The van der Waals surface area contributed by atoms with Crippen LogP contribution >= 0.6 is 0 Å². The van der Waals surface area contributed by atoms with Crippen molar-refractivity contribution in [2.24, 2.45) is 0 Å². The van der Waals surface area contributed by atoms with Gasteiger partial charge in [-0.3, -0.25) is 0 Å². The monoisotopic (exact) mass is 750 g/mol. The van der Waals surface area contributed by atoms with Crippen LogP contribution in [-0.4, -0.2) is 58.2 Å². The fourth-order valence-corrected chi connectivity index (χ4v) is 8.53. The minimum absolute atomic E-state index is 0. The molecule has 8 nitrogen and oxygen atoms in total. The van der Waals surface area contributed by atoms with E-state index >= 15 is 0 Å². The van der Waals surface area contributed by atoms with Crippen molar-refractivity contribution in [3.63, 3.8) is 0 Å². The molecule has 0 aliphatic carbocycles. The molecule has 1 aliphatic heterocycles. The van der Waals surface area contributed by atoms with Crippen molar-refractivity contribution in [3.05, 3.63) is 83.9 Å². The van der Waals surface area contributed by atoms with E-state index in [9.17, 15) is 16.8 Å². The molecule has 0 saturated carbocycles. The first-order chi connectivity index (χ1) is 20.6. The number of halogens is 1.